The molecule has 0 saturated carbocycles. The summed E-state index contributed by atoms with van der Waals surface area (Å²) in [6.07, 6.45) is 5.79. The molecule has 6 heteroatoms. The highest BCUT2D eigenvalue weighted by Gasteiger charge is 2.08. The van der Waals surface area contributed by atoms with E-state index in [-0.39, 0.29) is 5.91 Å². The first-order valence-corrected chi connectivity index (χ1v) is 5.79. The standard InChI is InChI=1S/C12H15N5O/c1-2-4-13-9-3-5-14-11(6-9)12(18)17-10-7-15-16-8-10/h3,5-8H,2,4H2,1H3,(H,13,14)(H,15,16)(H,17,18). The SMILES string of the molecule is CCCNc1ccnc(C(=O)Nc2cn[nH]c2)c1. The highest BCUT2D eigenvalue weighted by atomic mass is 16.1. The number of hydrogen-bond donors (Lipinski definition) is 3. The Hall–Kier alpha value is -2.37. The quantitative estimate of drug-likeness (QED) is 0.751. The predicted molar refractivity (Wildman–Crippen MR) is 69.6 cm³/mol. The number of anilines is 2. The van der Waals surface area contributed by atoms with Crippen molar-refractivity contribution in [2.24, 2.45) is 0 Å². The van der Waals surface area contributed by atoms with Gasteiger partial charge in [-0.2, -0.15) is 5.10 Å². The summed E-state index contributed by atoms with van der Waals surface area (Å²) in [5.74, 6) is -0.253. The van der Waals surface area contributed by atoms with E-state index in [0.717, 1.165) is 18.7 Å². The van der Waals surface area contributed by atoms with Crippen molar-refractivity contribution < 1.29 is 4.79 Å². The van der Waals surface area contributed by atoms with Gasteiger partial charge in [0.2, 0.25) is 0 Å². The van der Waals surface area contributed by atoms with Crippen molar-refractivity contribution in [2.75, 3.05) is 17.2 Å². The Balaban J connectivity index is 2.05. The fraction of sp³-hybridized carbons (Fsp3) is 0.250. The van der Waals surface area contributed by atoms with Gasteiger partial charge < -0.3 is 10.6 Å². The van der Waals surface area contributed by atoms with Crippen LogP contribution in [0.3, 0.4) is 0 Å². The maximum absolute atomic E-state index is 11.9. The number of carbonyl (C=O) groups is 1. The van der Waals surface area contributed by atoms with E-state index in [1.54, 1.807) is 18.5 Å². The number of amides is 1. The minimum absolute atomic E-state index is 0.253. The normalized spacial score (nSPS) is 10.1. The van der Waals surface area contributed by atoms with Gasteiger partial charge >= 0.3 is 0 Å². The Kier molecular flexibility index (Phi) is 3.90. The summed E-state index contributed by atoms with van der Waals surface area (Å²) < 4.78 is 0. The third-order valence-electron chi connectivity index (χ3n) is 2.33. The van der Waals surface area contributed by atoms with Crippen LogP contribution in [0.5, 0.6) is 0 Å². The van der Waals surface area contributed by atoms with Gasteiger partial charge in [-0.15, -0.1) is 0 Å². The number of H-pyrrole nitrogens is 1. The van der Waals surface area contributed by atoms with E-state index in [0.29, 0.717) is 11.4 Å². The lowest BCUT2D eigenvalue weighted by Gasteiger charge is -2.06. The van der Waals surface area contributed by atoms with E-state index in [4.69, 9.17) is 0 Å². The zero-order valence-electron chi connectivity index (χ0n) is 10.1. The van der Waals surface area contributed by atoms with Gasteiger partial charge in [0.15, 0.2) is 0 Å². The minimum atomic E-state index is -0.253. The summed E-state index contributed by atoms with van der Waals surface area (Å²) in [5, 5.41) is 12.3. The zero-order chi connectivity index (χ0) is 12.8. The van der Waals surface area contributed by atoms with E-state index in [2.05, 4.69) is 32.7 Å². The molecule has 0 atom stereocenters. The number of nitrogens with zero attached hydrogens (tertiary/aromatic N) is 2. The molecule has 1 amide bonds. The molecule has 18 heavy (non-hydrogen) atoms. The van der Waals surface area contributed by atoms with Gasteiger partial charge in [-0.1, -0.05) is 6.92 Å². The molecule has 0 saturated heterocycles. The van der Waals surface area contributed by atoms with Gasteiger partial charge in [0, 0.05) is 24.6 Å². The number of aromatic nitrogens is 3. The molecular weight excluding hydrogens is 230 g/mol. The van der Waals surface area contributed by atoms with Crippen LogP contribution in [0.4, 0.5) is 11.4 Å². The molecule has 0 aliphatic carbocycles. The van der Waals surface area contributed by atoms with Crippen molar-refractivity contribution in [1.82, 2.24) is 15.2 Å². The first kappa shape index (κ1) is 12.1. The van der Waals surface area contributed by atoms with Crippen LogP contribution in [-0.4, -0.2) is 27.6 Å². The fourth-order valence-corrected chi connectivity index (χ4v) is 1.45. The summed E-state index contributed by atoms with van der Waals surface area (Å²) in [5.41, 5.74) is 1.88. The van der Waals surface area contributed by atoms with Gasteiger partial charge in [-0.05, 0) is 18.6 Å². The number of rotatable bonds is 5. The number of aromatic amines is 1. The lowest BCUT2D eigenvalue weighted by molar-refractivity contribution is 0.102. The molecule has 0 aliphatic heterocycles. The average molecular weight is 245 g/mol. The molecule has 3 N–H and O–H groups in total. The smallest absolute Gasteiger partial charge is 0.274 e. The van der Waals surface area contributed by atoms with Crippen LogP contribution in [0.15, 0.2) is 30.7 Å². The number of carbonyl (C=O) groups excluding carboxylic acids is 1. The van der Waals surface area contributed by atoms with Gasteiger partial charge in [0.05, 0.1) is 11.9 Å². The molecule has 0 aromatic carbocycles. The topological polar surface area (TPSA) is 82.7 Å². The largest absolute Gasteiger partial charge is 0.385 e. The lowest BCUT2D eigenvalue weighted by atomic mass is 10.3. The van der Waals surface area contributed by atoms with Crippen LogP contribution in [0.25, 0.3) is 0 Å². The predicted octanol–water partition coefficient (Wildman–Crippen LogP) is 1.88. The van der Waals surface area contributed by atoms with E-state index >= 15 is 0 Å². The lowest BCUT2D eigenvalue weighted by Crippen LogP contribution is -2.13. The molecular formula is C12H15N5O. The Bertz CT molecular complexity index is 509. The maximum Gasteiger partial charge on any atom is 0.274 e. The fourth-order valence-electron chi connectivity index (χ4n) is 1.45. The Morgan fingerprint density at radius 2 is 2.33 bits per heavy atom. The van der Waals surface area contributed by atoms with E-state index in [1.165, 1.54) is 6.20 Å². The highest BCUT2D eigenvalue weighted by Crippen LogP contribution is 2.10. The van der Waals surface area contributed by atoms with Crippen LogP contribution in [-0.2, 0) is 0 Å². The molecule has 0 spiro atoms. The Labute approximate surface area is 105 Å². The molecule has 2 heterocycles. The highest BCUT2D eigenvalue weighted by molar-refractivity contribution is 6.03. The molecule has 94 valence electrons. The summed E-state index contributed by atoms with van der Waals surface area (Å²) in [7, 11) is 0. The average Bonchev–Trinajstić information content (AvgIpc) is 2.89. The van der Waals surface area contributed by atoms with Gasteiger partial charge in [0.1, 0.15) is 5.69 Å². The summed E-state index contributed by atoms with van der Waals surface area (Å²) >= 11 is 0. The van der Waals surface area contributed by atoms with E-state index in [9.17, 15) is 4.79 Å². The van der Waals surface area contributed by atoms with E-state index < -0.39 is 0 Å². The summed E-state index contributed by atoms with van der Waals surface area (Å²) in [6.45, 7) is 2.95. The third kappa shape index (κ3) is 3.07. The molecule has 6 nitrogen and oxygen atoms in total. The minimum Gasteiger partial charge on any atom is -0.385 e. The van der Waals surface area contributed by atoms with Crippen molar-refractivity contribution in [2.45, 2.75) is 13.3 Å². The number of pyridine rings is 1. The second kappa shape index (κ2) is 5.81. The first-order chi connectivity index (χ1) is 8.79. The molecule has 0 fully saturated rings. The molecule has 0 aliphatic rings. The summed E-state index contributed by atoms with van der Waals surface area (Å²) in [6, 6.07) is 3.56. The van der Waals surface area contributed by atoms with Crippen molar-refractivity contribution >= 4 is 17.3 Å². The Morgan fingerprint density at radius 3 is 3.06 bits per heavy atom. The second-order valence-corrected chi connectivity index (χ2v) is 3.80. The first-order valence-electron chi connectivity index (χ1n) is 5.79. The van der Waals surface area contributed by atoms with Gasteiger partial charge in [-0.3, -0.25) is 14.9 Å². The zero-order valence-corrected chi connectivity index (χ0v) is 10.1. The van der Waals surface area contributed by atoms with Crippen LogP contribution in [0.1, 0.15) is 23.8 Å². The van der Waals surface area contributed by atoms with Crippen molar-refractivity contribution in [3.63, 3.8) is 0 Å². The van der Waals surface area contributed by atoms with Crippen LogP contribution in [0.2, 0.25) is 0 Å². The van der Waals surface area contributed by atoms with Crippen molar-refractivity contribution in [1.29, 1.82) is 0 Å². The van der Waals surface area contributed by atoms with Crippen LogP contribution < -0.4 is 10.6 Å². The van der Waals surface area contributed by atoms with Gasteiger partial charge in [-0.25, -0.2) is 0 Å². The molecule has 2 rings (SSSR count). The molecule has 0 unspecified atom stereocenters. The molecule has 2 aromatic heterocycles. The van der Waals surface area contributed by atoms with Crippen molar-refractivity contribution in [3.05, 3.63) is 36.4 Å². The third-order valence-corrected chi connectivity index (χ3v) is 2.33. The van der Waals surface area contributed by atoms with Crippen LogP contribution in [0, 0.1) is 0 Å². The molecule has 0 bridgehead atoms. The maximum atomic E-state index is 11.9. The molecule has 0 radical (unpaired) electrons. The van der Waals surface area contributed by atoms with Gasteiger partial charge in [0.25, 0.3) is 5.91 Å². The number of hydrogen-bond acceptors (Lipinski definition) is 4. The molecule has 2 aromatic rings. The van der Waals surface area contributed by atoms with E-state index in [1.807, 2.05) is 6.07 Å². The second-order valence-electron chi connectivity index (χ2n) is 3.80. The Morgan fingerprint density at radius 1 is 1.44 bits per heavy atom. The number of nitrogens with one attached hydrogen (secondary N) is 3. The monoisotopic (exact) mass is 245 g/mol. The van der Waals surface area contributed by atoms with Crippen LogP contribution >= 0.6 is 0 Å². The summed E-state index contributed by atoms with van der Waals surface area (Å²) in [4.78, 5) is 15.9. The van der Waals surface area contributed by atoms with Crippen molar-refractivity contribution in [3.8, 4) is 0 Å².